The monoisotopic (exact) mass is 561 g/mol. The molecule has 3 heterocycles. The molecule has 0 spiro atoms. The van der Waals surface area contributed by atoms with E-state index < -0.39 is 0 Å². The van der Waals surface area contributed by atoms with Gasteiger partial charge in [-0.1, -0.05) is 81.4 Å². The van der Waals surface area contributed by atoms with E-state index in [4.69, 9.17) is 9.72 Å². The molecule has 1 N–H and O–H groups in total. The average Bonchev–Trinajstić information content (AvgIpc) is 3.35. The third kappa shape index (κ3) is 4.99. The number of fused-ring (bicyclic) bond motifs is 3. The van der Waals surface area contributed by atoms with Gasteiger partial charge >= 0.3 is 0 Å². The minimum atomic E-state index is -0.123. The molecule has 0 aliphatic heterocycles. The molecular weight excluding hydrogens is 530 g/mol. The van der Waals surface area contributed by atoms with Gasteiger partial charge in [-0.2, -0.15) is 0 Å². The Morgan fingerprint density at radius 3 is 2.26 bits per heavy atom. The van der Waals surface area contributed by atoms with Crippen molar-refractivity contribution in [2.45, 2.75) is 26.2 Å². The van der Waals surface area contributed by atoms with Crippen molar-refractivity contribution in [3.8, 4) is 45.5 Å². The van der Waals surface area contributed by atoms with Crippen molar-refractivity contribution < 1.29 is 9.84 Å². The van der Waals surface area contributed by atoms with Gasteiger partial charge < -0.3 is 9.84 Å². The van der Waals surface area contributed by atoms with E-state index in [1.807, 2.05) is 71.3 Å². The number of benzene rings is 4. The van der Waals surface area contributed by atoms with Crippen LogP contribution in [0.2, 0.25) is 0 Å². The van der Waals surface area contributed by atoms with Gasteiger partial charge in [0.2, 0.25) is 5.88 Å². The highest BCUT2D eigenvalue weighted by molar-refractivity contribution is 6.08. The predicted octanol–water partition coefficient (Wildman–Crippen LogP) is 9.70. The maximum Gasteiger partial charge on any atom is 0.219 e. The number of hydrogen-bond donors (Lipinski definition) is 1. The Morgan fingerprint density at radius 2 is 1.44 bits per heavy atom. The third-order valence-electron chi connectivity index (χ3n) is 7.78. The van der Waals surface area contributed by atoms with Crippen LogP contribution < -0.4 is 4.74 Å². The van der Waals surface area contributed by atoms with Gasteiger partial charge in [-0.15, -0.1) is 0 Å². The molecule has 0 aliphatic carbocycles. The number of phenols is 1. The summed E-state index contributed by atoms with van der Waals surface area (Å²) in [4.78, 5) is 9.71. The first-order valence-electron chi connectivity index (χ1n) is 14.4. The summed E-state index contributed by atoms with van der Waals surface area (Å²) in [6.45, 7) is 6.57. The van der Waals surface area contributed by atoms with Crippen LogP contribution in [0.25, 0.3) is 50.0 Å². The number of rotatable bonds is 5. The number of ether oxygens (including phenoxy) is 1. The molecule has 0 unspecified atom stereocenters. The summed E-state index contributed by atoms with van der Waals surface area (Å²) in [7, 11) is 0. The van der Waals surface area contributed by atoms with E-state index >= 15 is 0 Å². The number of aromatic hydroxyl groups is 1. The topological polar surface area (TPSA) is 60.2 Å². The molecule has 3 aromatic heterocycles. The fourth-order valence-electron chi connectivity index (χ4n) is 5.53. The van der Waals surface area contributed by atoms with Gasteiger partial charge in [-0.3, -0.25) is 4.57 Å². The molecule has 0 saturated carbocycles. The molecule has 0 aliphatic rings. The summed E-state index contributed by atoms with van der Waals surface area (Å²) in [5, 5.41) is 12.9. The van der Waals surface area contributed by atoms with Crippen LogP contribution in [0.5, 0.6) is 17.4 Å². The maximum absolute atomic E-state index is 10.8. The quantitative estimate of drug-likeness (QED) is 0.227. The zero-order chi connectivity index (χ0) is 29.6. The van der Waals surface area contributed by atoms with E-state index in [0.717, 1.165) is 49.9 Å². The van der Waals surface area contributed by atoms with E-state index in [-0.39, 0.29) is 11.2 Å². The zero-order valence-electron chi connectivity index (χ0n) is 24.3. The Bertz CT molecular complexity index is 2110. The first-order chi connectivity index (χ1) is 20.8. The summed E-state index contributed by atoms with van der Waals surface area (Å²) >= 11 is 0. The Labute approximate surface area is 250 Å². The van der Waals surface area contributed by atoms with Crippen molar-refractivity contribution in [3.05, 3.63) is 133 Å². The number of phenolic OH excluding ortho intramolecular Hbond substituents is 1. The standard InChI is InChI=1S/C38H31N3O2/c1-38(2,3)28-21-27(22-29(24-28)43-36-23-26(19-20-39-36)25-11-5-4-6-12-25)32-18-17-31-30-13-7-8-14-33(30)41(37(31)40-32)34-15-9-10-16-35(34)42/h4-24,42H,1-3H3. The predicted molar refractivity (Wildman–Crippen MR) is 174 cm³/mol. The summed E-state index contributed by atoms with van der Waals surface area (Å²) in [6, 6.07) is 40.2. The minimum absolute atomic E-state index is 0.123. The second-order valence-corrected chi connectivity index (χ2v) is 11.8. The lowest BCUT2D eigenvalue weighted by atomic mass is 9.85. The molecular formula is C38H31N3O2. The molecule has 0 amide bonds. The largest absolute Gasteiger partial charge is 0.506 e. The van der Waals surface area contributed by atoms with Crippen LogP contribution in [0.3, 0.4) is 0 Å². The molecule has 43 heavy (non-hydrogen) atoms. The van der Waals surface area contributed by atoms with Gasteiger partial charge in [0.05, 0.1) is 16.9 Å². The van der Waals surface area contributed by atoms with Crippen LogP contribution in [-0.2, 0) is 5.41 Å². The maximum atomic E-state index is 10.8. The van der Waals surface area contributed by atoms with Crippen molar-refractivity contribution in [2.24, 2.45) is 0 Å². The van der Waals surface area contributed by atoms with Crippen LogP contribution >= 0.6 is 0 Å². The van der Waals surface area contributed by atoms with Gasteiger partial charge in [-0.25, -0.2) is 9.97 Å². The van der Waals surface area contributed by atoms with E-state index in [0.29, 0.717) is 17.3 Å². The molecule has 5 heteroatoms. The molecule has 5 nitrogen and oxygen atoms in total. The molecule has 0 radical (unpaired) electrons. The minimum Gasteiger partial charge on any atom is -0.506 e. The number of aromatic nitrogens is 3. The lowest BCUT2D eigenvalue weighted by Crippen LogP contribution is -2.11. The average molecular weight is 562 g/mol. The lowest BCUT2D eigenvalue weighted by molar-refractivity contribution is 0.460. The second kappa shape index (κ2) is 10.4. The molecule has 0 atom stereocenters. The van der Waals surface area contributed by atoms with Gasteiger partial charge in [0, 0.05) is 28.6 Å². The highest BCUT2D eigenvalue weighted by atomic mass is 16.5. The van der Waals surface area contributed by atoms with E-state index in [2.05, 4.69) is 74.3 Å². The smallest absolute Gasteiger partial charge is 0.219 e. The summed E-state index contributed by atoms with van der Waals surface area (Å²) in [6.07, 6.45) is 1.78. The highest BCUT2D eigenvalue weighted by Crippen LogP contribution is 2.38. The van der Waals surface area contributed by atoms with Crippen LogP contribution in [0, 0.1) is 0 Å². The van der Waals surface area contributed by atoms with E-state index in [9.17, 15) is 5.11 Å². The number of para-hydroxylation sites is 3. The molecule has 4 aromatic carbocycles. The highest BCUT2D eigenvalue weighted by Gasteiger charge is 2.20. The molecule has 0 saturated heterocycles. The molecule has 7 aromatic rings. The van der Waals surface area contributed by atoms with Crippen molar-refractivity contribution in [1.29, 1.82) is 0 Å². The number of hydrogen-bond acceptors (Lipinski definition) is 4. The number of nitrogens with zero attached hydrogens (tertiary/aromatic N) is 3. The summed E-state index contributed by atoms with van der Waals surface area (Å²) in [5.41, 5.74) is 7.37. The lowest BCUT2D eigenvalue weighted by Gasteiger charge is -2.21. The van der Waals surface area contributed by atoms with Gasteiger partial charge in [-0.05, 0) is 76.7 Å². The van der Waals surface area contributed by atoms with Crippen LogP contribution in [0.1, 0.15) is 26.3 Å². The van der Waals surface area contributed by atoms with Gasteiger partial charge in [0.25, 0.3) is 0 Å². The Kier molecular flexibility index (Phi) is 6.43. The fourth-order valence-corrected chi connectivity index (χ4v) is 5.53. The summed E-state index contributed by atoms with van der Waals surface area (Å²) in [5.74, 6) is 1.43. The van der Waals surface area contributed by atoms with Gasteiger partial charge in [0.15, 0.2) is 0 Å². The van der Waals surface area contributed by atoms with Crippen molar-refractivity contribution in [2.75, 3.05) is 0 Å². The Balaban J connectivity index is 1.37. The normalized spacial score (nSPS) is 11.7. The molecule has 0 bridgehead atoms. The molecule has 210 valence electrons. The van der Waals surface area contributed by atoms with E-state index in [1.165, 1.54) is 0 Å². The fraction of sp³-hybridized carbons (Fsp3) is 0.105. The van der Waals surface area contributed by atoms with Crippen molar-refractivity contribution >= 4 is 21.9 Å². The van der Waals surface area contributed by atoms with E-state index in [1.54, 1.807) is 12.3 Å². The van der Waals surface area contributed by atoms with Crippen LogP contribution in [-0.4, -0.2) is 19.6 Å². The second-order valence-electron chi connectivity index (χ2n) is 11.8. The third-order valence-corrected chi connectivity index (χ3v) is 7.78. The zero-order valence-corrected chi connectivity index (χ0v) is 24.3. The van der Waals surface area contributed by atoms with Crippen LogP contribution in [0.4, 0.5) is 0 Å². The SMILES string of the molecule is CC(C)(C)c1cc(Oc2cc(-c3ccccc3)ccn2)cc(-c2ccc3c4ccccc4n(-c4ccccc4O)c3n2)c1. The van der Waals surface area contributed by atoms with Crippen molar-refractivity contribution in [1.82, 2.24) is 14.5 Å². The summed E-state index contributed by atoms with van der Waals surface area (Å²) < 4.78 is 8.44. The molecule has 0 fully saturated rings. The number of pyridine rings is 2. The Hall–Kier alpha value is -5.42. The van der Waals surface area contributed by atoms with Gasteiger partial charge in [0.1, 0.15) is 17.1 Å². The van der Waals surface area contributed by atoms with Crippen molar-refractivity contribution in [3.63, 3.8) is 0 Å². The first kappa shape index (κ1) is 26.5. The first-order valence-corrected chi connectivity index (χ1v) is 14.4. The molecule has 7 rings (SSSR count). The van der Waals surface area contributed by atoms with Crippen LogP contribution in [0.15, 0.2) is 128 Å². The Morgan fingerprint density at radius 1 is 0.674 bits per heavy atom.